The number of nitrogens with zero attached hydrogens (tertiary/aromatic N) is 2. The molecule has 82 valence electrons. The first-order valence-corrected chi connectivity index (χ1v) is 4.97. The smallest absolute Gasteiger partial charge is 0.341 e. The Morgan fingerprint density at radius 2 is 2.40 bits per heavy atom. The molecule has 0 aliphatic carbocycles. The number of carbonyl (C=O) groups is 1. The van der Waals surface area contributed by atoms with Crippen LogP contribution in [0.2, 0.25) is 0 Å². The molecule has 5 nitrogen and oxygen atoms in total. The van der Waals surface area contributed by atoms with Crippen molar-refractivity contribution in [3.05, 3.63) is 17.0 Å². The summed E-state index contributed by atoms with van der Waals surface area (Å²) < 4.78 is 5.13. The number of likely N-dealkylation sites (tertiary alicyclic amines) is 1. The molecular formula is C10H14N2O3. The molecule has 5 heteroatoms. The molecule has 0 saturated carbocycles. The zero-order valence-corrected chi connectivity index (χ0v) is 8.86. The molecular weight excluding hydrogens is 196 g/mol. The quantitative estimate of drug-likeness (QED) is 0.791. The van der Waals surface area contributed by atoms with Crippen molar-refractivity contribution in [3.8, 4) is 0 Å². The number of hydrogen-bond acceptors (Lipinski definition) is 4. The van der Waals surface area contributed by atoms with E-state index in [1.54, 1.807) is 6.92 Å². The van der Waals surface area contributed by atoms with Crippen LogP contribution in [0.3, 0.4) is 0 Å². The standard InChI is InChI=1S/C10H14N2O3/c1-6-8(10(13)14)9(15-11-6)7-3-4-12(2)5-7/h7H,3-5H2,1-2H3,(H,13,14). The number of hydrogen-bond donors (Lipinski definition) is 1. The van der Waals surface area contributed by atoms with Gasteiger partial charge in [0, 0.05) is 12.5 Å². The summed E-state index contributed by atoms with van der Waals surface area (Å²) in [5, 5.41) is 12.8. The van der Waals surface area contributed by atoms with Gasteiger partial charge in [-0.15, -0.1) is 0 Å². The summed E-state index contributed by atoms with van der Waals surface area (Å²) in [6.07, 6.45) is 0.936. The molecule has 1 atom stereocenters. The number of aromatic carboxylic acids is 1. The van der Waals surface area contributed by atoms with Crippen LogP contribution in [0.1, 0.15) is 34.2 Å². The van der Waals surface area contributed by atoms with E-state index in [9.17, 15) is 4.79 Å². The monoisotopic (exact) mass is 210 g/mol. The summed E-state index contributed by atoms with van der Waals surface area (Å²) in [6, 6.07) is 0. The van der Waals surface area contributed by atoms with E-state index in [1.165, 1.54) is 0 Å². The molecule has 1 aromatic heterocycles. The number of aromatic nitrogens is 1. The molecule has 1 N–H and O–H groups in total. The van der Waals surface area contributed by atoms with Crippen LogP contribution in [0.5, 0.6) is 0 Å². The summed E-state index contributed by atoms with van der Waals surface area (Å²) in [7, 11) is 2.02. The predicted molar refractivity (Wildman–Crippen MR) is 53.1 cm³/mol. The summed E-state index contributed by atoms with van der Waals surface area (Å²) in [6.45, 7) is 3.48. The number of aryl methyl sites for hydroxylation is 1. The fourth-order valence-electron chi connectivity index (χ4n) is 2.08. The second-order valence-electron chi connectivity index (χ2n) is 4.06. The van der Waals surface area contributed by atoms with Crippen molar-refractivity contribution >= 4 is 5.97 Å². The molecule has 0 amide bonds. The van der Waals surface area contributed by atoms with Gasteiger partial charge < -0.3 is 14.5 Å². The lowest BCUT2D eigenvalue weighted by atomic mass is 10.0. The lowest BCUT2D eigenvalue weighted by molar-refractivity contribution is 0.0693. The van der Waals surface area contributed by atoms with E-state index in [0.29, 0.717) is 11.5 Å². The average molecular weight is 210 g/mol. The van der Waals surface area contributed by atoms with Crippen LogP contribution >= 0.6 is 0 Å². The highest BCUT2D eigenvalue weighted by molar-refractivity contribution is 5.90. The minimum absolute atomic E-state index is 0.169. The van der Waals surface area contributed by atoms with Crippen molar-refractivity contribution in [1.82, 2.24) is 10.1 Å². The van der Waals surface area contributed by atoms with Gasteiger partial charge in [-0.05, 0) is 26.9 Å². The topological polar surface area (TPSA) is 66.6 Å². The Labute approximate surface area is 87.7 Å². The maximum Gasteiger partial charge on any atom is 0.341 e. The van der Waals surface area contributed by atoms with Crippen molar-refractivity contribution in [2.75, 3.05) is 20.1 Å². The Kier molecular flexibility index (Phi) is 2.48. The Morgan fingerprint density at radius 3 is 2.93 bits per heavy atom. The fraction of sp³-hybridized carbons (Fsp3) is 0.600. The number of rotatable bonds is 2. The molecule has 1 aliphatic heterocycles. The van der Waals surface area contributed by atoms with Gasteiger partial charge in [0.25, 0.3) is 0 Å². The molecule has 0 radical (unpaired) electrons. The highest BCUT2D eigenvalue weighted by Crippen LogP contribution is 2.30. The summed E-state index contributed by atoms with van der Waals surface area (Å²) >= 11 is 0. The van der Waals surface area contributed by atoms with Gasteiger partial charge in [0.1, 0.15) is 5.56 Å². The third kappa shape index (κ3) is 1.74. The highest BCUT2D eigenvalue weighted by atomic mass is 16.5. The zero-order valence-electron chi connectivity index (χ0n) is 8.86. The SMILES string of the molecule is Cc1noc(C2CCN(C)C2)c1C(=O)O. The van der Waals surface area contributed by atoms with E-state index in [0.717, 1.165) is 19.5 Å². The molecule has 1 unspecified atom stereocenters. The lowest BCUT2D eigenvalue weighted by Crippen LogP contribution is -2.14. The van der Waals surface area contributed by atoms with Gasteiger partial charge in [0.05, 0.1) is 5.69 Å². The van der Waals surface area contributed by atoms with Gasteiger partial charge in [-0.1, -0.05) is 5.16 Å². The van der Waals surface area contributed by atoms with Crippen LogP contribution in [-0.4, -0.2) is 41.3 Å². The van der Waals surface area contributed by atoms with Crippen LogP contribution in [0.25, 0.3) is 0 Å². The number of carboxylic acids is 1. The van der Waals surface area contributed by atoms with Crippen molar-refractivity contribution in [2.45, 2.75) is 19.3 Å². The van der Waals surface area contributed by atoms with E-state index < -0.39 is 5.97 Å². The van der Waals surface area contributed by atoms with Crippen LogP contribution in [-0.2, 0) is 0 Å². The third-order valence-corrected chi connectivity index (χ3v) is 2.87. The normalized spacial score (nSPS) is 22.1. The van der Waals surface area contributed by atoms with Gasteiger partial charge in [0.15, 0.2) is 5.76 Å². The van der Waals surface area contributed by atoms with E-state index in [1.807, 2.05) is 7.05 Å². The van der Waals surface area contributed by atoms with Crippen LogP contribution in [0.15, 0.2) is 4.52 Å². The van der Waals surface area contributed by atoms with Gasteiger partial charge in [-0.3, -0.25) is 0 Å². The Balaban J connectivity index is 2.32. The molecule has 1 aliphatic rings. The third-order valence-electron chi connectivity index (χ3n) is 2.87. The summed E-state index contributed by atoms with van der Waals surface area (Å²) in [5.41, 5.74) is 0.711. The second-order valence-corrected chi connectivity index (χ2v) is 4.06. The van der Waals surface area contributed by atoms with E-state index in [4.69, 9.17) is 9.63 Å². The first-order valence-electron chi connectivity index (χ1n) is 4.97. The number of carboxylic acid groups (broad SMARTS) is 1. The molecule has 0 spiro atoms. The van der Waals surface area contributed by atoms with Crippen molar-refractivity contribution in [3.63, 3.8) is 0 Å². The van der Waals surface area contributed by atoms with Crippen molar-refractivity contribution in [2.24, 2.45) is 0 Å². The zero-order chi connectivity index (χ0) is 11.0. The average Bonchev–Trinajstić information content (AvgIpc) is 2.71. The maximum absolute atomic E-state index is 11.0. The summed E-state index contributed by atoms with van der Waals surface area (Å²) in [4.78, 5) is 13.2. The molecule has 0 aromatic carbocycles. The minimum Gasteiger partial charge on any atom is -0.477 e. The van der Waals surface area contributed by atoms with E-state index in [2.05, 4.69) is 10.1 Å². The van der Waals surface area contributed by atoms with E-state index in [-0.39, 0.29) is 11.5 Å². The summed E-state index contributed by atoms with van der Waals surface area (Å²) in [5.74, 6) is -0.245. The van der Waals surface area contributed by atoms with E-state index >= 15 is 0 Å². The van der Waals surface area contributed by atoms with Crippen molar-refractivity contribution in [1.29, 1.82) is 0 Å². The Morgan fingerprint density at radius 1 is 1.67 bits per heavy atom. The van der Waals surface area contributed by atoms with Crippen LogP contribution < -0.4 is 0 Å². The minimum atomic E-state index is -0.946. The molecule has 2 rings (SSSR count). The fourth-order valence-corrected chi connectivity index (χ4v) is 2.08. The lowest BCUT2D eigenvalue weighted by Gasteiger charge is -2.07. The van der Waals surface area contributed by atoms with Crippen LogP contribution in [0.4, 0.5) is 0 Å². The Hall–Kier alpha value is -1.36. The van der Waals surface area contributed by atoms with Gasteiger partial charge in [-0.25, -0.2) is 4.79 Å². The largest absolute Gasteiger partial charge is 0.477 e. The van der Waals surface area contributed by atoms with Gasteiger partial charge >= 0.3 is 5.97 Å². The molecule has 1 fully saturated rings. The molecule has 0 bridgehead atoms. The first kappa shape index (κ1) is 10.2. The Bertz CT molecular complexity index is 386. The highest BCUT2D eigenvalue weighted by Gasteiger charge is 2.30. The van der Waals surface area contributed by atoms with Crippen molar-refractivity contribution < 1.29 is 14.4 Å². The molecule has 1 aromatic rings. The van der Waals surface area contributed by atoms with Gasteiger partial charge in [0.2, 0.25) is 0 Å². The van der Waals surface area contributed by atoms with Gasteiger partial charge in [-0.2, -0.15) is 0 Å². The predicted octanol–water partition coefficient (Wildman–Crippen LogP) is 1.10. The first-order chi connectivity index (χ1) is 7.09. The molecule has 15 heavy (non-hydrogen) atoms. The van der Waals surface area contributed by atoms with Crippen LogP contribution in [0, 0.1) is 6.92 Å². The number of likely N-dealkylation sites (N-methyl/N-ethyl adjacent to an activating group) is 1. The second kappa shape index (κ2) is 3.66. The molecule has 1 saturated heterocycles. The molecule has 2 heterocycles. The maximum atomic E-state index is 11.0.